The predicted octanol–water partition coefficient (Wildman–Crippen LogP) is 2.98. The van der Waals surface area contributed by atoms with Crippen LogP contribution in [0, 0.1) is 0 Å². The van der Waals surface area contributed by atoms with Gasteiger partial charge in [-0.2, -0.15) is 0 Å². The molecule has 14 heavy (non-hydrogen) atoms. The fourth-order valence-electron chi connectivity index (χ4n) is 1.26. The van der Waals surface area contributed by atoms with E-state index in [1.54, 1.807) is 7.05 Å². The quantitative estimate of drug-likeness (QED) is 0.779. The average Bonchev–Trinajstić information content (AvgIpc) is 2.42. The average molecular weight is 257 g/mol. The van der Waals surface area contributed by atoms with Crippen molar-refractivity contribution >= 4 is 34.8 Å². The maximum atomic E-state index is 5.82. The molecule has 0 spiro atoms. The summed E-state index contributed by atoms with van der Waals surface area (Å²) < 4.78 is 0.0688. The topological polar surface area (TPSA) is 30.7 Å². The first-order chi connectivity index (χ1) is 6.46. The number of hydrogen-bond donors (Lipinski definition) is 0. The second kappa shape index (κ2) is 4.69. The summed E-state index contributed by atoms with van der Waals surface area (Å²) in [5, 5.41) is 7.83. The largest absolute Gasteiger partial charge is 0.248 e. The number of alkyl halides is 3. The van der Waals surface area contributed by atoms with Gasteiger partial charge in [0, 0.05) is 7.05 Å². The Morgan fingerprint density at radius 3 is 2.50 bits per heavy atom. The van der Waals surface area contributed by atoms with Crippen LogP contribution in [-0.2, 0) is 17.3 Å². The maximum Gasteiger partial charge on any atom is 0.234 e. The smallest absolute Gasteiger partial charge is 0.234 e. The Bertz CT molecular complexity index is 303. The minimum atomic E-state index is -1.44. The van der Waals surface area contributed by atoms with E-state index in [0.29, 0.717) is 5.69 Å². The van der Waals surface area contributed by atoms with E-state index in [1.165, 1.54) is 4.68 Å². The van der Waals surface area contributed by atoms with Crippen LogP contribution in [0.25, 0.3) is 0 Å². The molecule has 0 N–H and O–H groups in total. The molecule has 1 rings (SSSR count). The van der Waals surface area contributed by atoms with Crippen LogP contribution in [0.15, 0.2) is 0 Å². The highest BCUT2D eigenvalue weighted by Gasteiger charge is 2.30. The third-order valence-corrected chi connectivity index (χ3v) is 2.47. The van der Waals surface area contributed by atoms with Crippen molar-refractivity contribution in [3.8, 4) is 0 Å². The Morgan fingerprint density at radius 1 is 1.36 bits per heavy atom. The van der Waals surface area contributed by atoms with Gasteiger partial charge in [-0.1, -0.05) is 53.4 Å². The Balaban J connectivity index is 2.95. The molecule has 3 nitrogen and oxygen atoms in total. The molecule has 0 aliphatic rings. The van der Waals surface area contributed by atoms with Gasteiger partial charge in [0.05, 0.1) is 5.69 Å². The monoisotopic (exact) mass is 255 g/mol. The van der Waals surface area contributed by atoms with Crippen molar-refractivity contribution in [1.29, 1.82) is 0 Å². The molecular weight excluding hydrogens is 244 g/mol. The van der Waals surface area contributed by atoms with Crippen LogP contribution in [0.4, 0.5) is 0 Å². The van der Waals surface area contributed by atoms with Gasteiger partial charge < -0.3 is 0 Å². The van der Waals surface area contributed by atoms with E-state index in [1.807, 2.05) is 0 Å². The highest BCUT2D eigenvalue weighted by molar-refractivity contribution is 6.66. The molecule has 1 heterocycles. The van der Waals surface area contributed by atoms with Gasteiger partial charge in [-0.15, -0.1) is 5.10 Å². The van der Waals surface area contributed by atoms with Crippen LogP contribution in [-0.4, -0.2) is 15.0 Å². The van der Waals surface area contributed by atoms with Gasteiger partial charge in [-0.05, 0) is 12.8 Å². The number of unbranched alkanes of at least 4 members (excludes halogenated alkanes) is 1. The van der Waals surface area contributed by atoms with Gasteiger partial charge in [0.2, 0.25) is 3.79 Å². The van der Waals surface area contributed by atoms with E-state index in [2.05, 4.69) is 17.2 Å². The van der Waals surface area contributed by atoms with Crippen molar-refractivity contribution in [2.75, 3.05) is 0 Å². The van der Waals surface area contributed by atoms with Crippen LogP contribution in [0.5, 0.6) is 0 Å². The van der Waals surface area contributed by atoms with E-state index in [-0.39, 0.29) is 0 Å². The van der Waals surface area contributed by atoms with Crippen LogP contribution in [0.2, 0.25) is 0 Å². The van der Waals surface area contributed by atoms with E-state index in [9.17, 15) is 0 Å². The van der Waals surface area contributed by atoms with Gasteiger partial charge in [-0.3, -0.25) is 0 Å². The number of rotatable bonds is 3. The molecule has 1 aromatic rings. The third kappa shape index (κ3) is 2.75. The van der Waals surface area contributed by atoms with Crippen LogP contribution in [0.3, 0.4) is 0 Å². The Labute approximate surface area is 98.3 Å². The van der Waals surface area contributed by atoms with Crippen molar-refractivity contribution in [3.63, 3.8) is 0 Å². The number of nitrogens with zero attached hydrogens (tertiary/aromatic N) is 3. The molecular formula is C8H12Cl3N3. The molecule has 1 aromatic heterocycles. The SMILES string of the molecule is CCCCc1nnn(C)c1C(Cl)(Cl)Cl. The third-order valence-electron chi connectivity index (χ3n) is 1.93. The predicted molar refractivity (Wildman–Crippen MR) is 58.9 cm³/mol. The summed E-state index contributed by atoms with van der Waals surface area (Å²) in [4.78, 5) is 0. The summed E-state index contributed by atoms with van der Waals surface area (Å²) in [7, 11) is 1.72. The minimum absolute atomic E-state index is 0.566. The van der Waals surface area contributed by atoms with E-state index in [4.69, 9.17) is 34.8 Å². The molecule has 0 atom stereocenters. The highest BCUT2D eigenvalue weighted by atomic mass is 35.6. The lowest BCUT2D eigenvalue weighted by atomic mass is 10.2. The van der Waals surface area contributed by atoms with Crippen molar-refractivity contribution < 1.29 is 0 Å². The summed E-state index contributed by atoms with van der Waals surface area (Å²) in [5.74, 6) is 0. The summed E-state index contributed by atoms with van der Waals surface area (Å²) in [6, 6.07) is 0. The van der Waals surface area contributed by atoms with Crippen molar-refractivity contribution in [2.45, 2.75) is 30.0 Å². The molecule has 0 saturated carbocycles. The molecule has 0 unspecified atom stereocenters. The summed E-state index contributed by atoms with van der Waals surface area (Å²) in [6.45, 7) is 2.10. The van der Waals surface area contributed by atoms with Gasteiger partial charge in [0.1, 0.15) is 5.69 Å². The number of aromatic nitrogens is 3. The molecule has 0 aliphatic heterocycles. The maximum absolute atomic E-state index is 5.82. The second-order valence-electron chi connectivity index (χ2n) is 3.11. The number of halogens is 3. The van der Waals surface area contributed by atoms with Crippen molar-refractivity contribution in [2.24, 2.45) is 7.05 Å². The molecule has 6 heteroatoms. The molecule has 0 saturated heterocycles. The molecule has 0 aromatic carbocycles. The lowest BCUT2D eigenvalue weighted by Gasteiger charge is -2.12. The molecule has 0 aliphatic carbocycles. The normalized spacial score (nSPS) is 12.1. The zero-order valence-corrected chi connectivity index (χ0v) is 10.4. The first kappa shape index (κ1) is 12.1. The van der Waals surface area contributed by atoms with E-state index < -0.39 is 3.79 Å². The Kier molecular flexibility index (Phi) is 4.04. The van der Waals surface area contributed by atoms with Gasteiger partial charge in [0.25, 0.3) is 0 Å². The van der Waals surface area contributed by atoms with Gasteiger partial charge in [0.15, 0.2) is 0 Å². The lowest BCUT2D eigenvalue weighted by Crippen LogP contribution is -2.11. The van der Waals surface area contributed by atoms with Crippen LogP contribution >= 0.6 is 34.8 Å². The molecule has 80 valence electrons. The standard InChI is InChI=1S/C8H12Cl3N3/c1-3-4-5-6-7(8(9,10)11)14(2)13-12-6/h3-5H2,1-2H3. The fourth-order valence-corrected chi connectivity index (χ4v) is 1.95. The van der Waals surface area contributed by atoms with Crippen molar-refractivity contribution in [3.05, 3.63) is 11.4 Å². The van der Waals surface area contributed by atoms with Gasteiger partial charge >= 0.3 is 0 Å². The Morgan fingerprint density at radius 2 is 2.00 bits per heavy atom. The van der Waals surface area contributed by atoms with E-state index >= 15 is 0 Å². The first-order valence-electron chi connectivity index (χ1n) is 4.42. The zero-order valence-electron chi connectivity index (χ0n) is 8.10. The first-order valence-corrected chi connectivity index (χ1v) is 5.56. The lowest BCUT2D eigenvalue weighted by molar-refractivity contribution is 0.684. The fraction of sp³-hybridized carbons (Fsp3) is 0.750. The molecule has 0 bridgehead atoms. The summed E-state index contributed by atoms with van der Waals surface area (Å²) in [5.41, 5.74) is 1.34. The number of hydrogen-bond acceptors (Lipinski definition) is 2. The summed E-state index contributed by atoms with van der Waals surface area (Å²) in [6.07, 6.45) is 2.90. The molecule has 0 radical (unpaired) electrons. The summed E-state index contributed by atoms with van der Waals surface area (Å²) >= 11 is 17.5. The van der Waals surface area contributed by atoms with Crippen LogP contribution < -0.4 is 0 Å². The number of aryl methyl sites for hydroxylation is 2. The minimum Gasteiger partial charge on any atom is -0.248 e. The van der Waals surface area contributed by atoms with Crippen LogP contribution in [0.1, 0.15) is 31.2 Å². The molecule has 0 amide bonds. The second-order valence-corrected chi connectivity index (χ2v) is 5.39. The Hall–Kier alpha value is 0.01000. The van der Waals surface area contributed by atoms with Crippen molar-refractivity contribution in [1.82, 2.24) is 15.0 Å². The highest BCUT2D eigenvalue weighted by Crippen LogP contribution is 2.39. The van der Waals surface area contributed by atoms with Gasteiger partial charge in [-0.25, -0.2) is 4.68 Å². The zero-order chi connectivity index (χ0) is 10.8. The molecule has 0 fully saturated rings. The van der Waals surface area contributed by atoms with E-state index in [0.717, 1.165) is 25.0 Å².